The maximum Gasteiger partial charge on any atom is 0.335 e. The van der Waals surface area contributed by atoms with Crippen molar-refractivity contribution in [3.8, 4) is 0 Å². The second-order valence-electron chi connectivity index (χ2n) is 2.83. The molecule has 9 heteroatoms. The molecule has 8 nitrogen and oxygen atoms in total. The molecule has 7 N–H and O–H groups in total. The van der Waals surface area contributed by atoms with Gasteiger partial charge in [0.25, 0.3) is 0 Å². The van der Waals surface area contributed by atoms with Crippen LogP contribution < -0.4 is 0 Å². The van der Waals surface area contributed by atoms with Crippen LogP contribution in [0.25, 0.3) is 0 Å². The Kier molecular flexibility index (Phi) is 10.8. The van der Waals surface area contributed by atoms with Crippen LogP contribution in [0.3, 0.4) is 0 Å². The number of aliphatic hydroxyl groups is 5. The number of carbonyl (C=O) groups is 1. The quantitative estimate of drug-likeness (QED) is 0.243. The first-order chi connectivity index (χ1) is 7.33. The van der Waals surface area contributed by atoms with E-state index in [0.29, 0.717) is 0 Å². The van der Waals surface area contributed by atoms with E-state index in [9.17, 15) is 4.79 Å². The smallest absolute Gasteiger partial charge is 0.335 e. The van der Waals surface area contributed by atoms with Gasteiger partial charge in [0.2, 0.25) is 0 Å². The SMILES string of the molecule is C[SiH2]O.O=C(O)[C@@H](O)[C@@H](O)[C@H](O)[C@H](O)CO. The average Bonchev–Trinajstić information content (AvgIpc) is 2.25. The molecule has 0 aromatic rings. The number of rotatable bonds is 5. The molecular weight excluding hydrogens is 240 g/mol. The second-order valence-corrected chi connectivity index (χ2v) is 3.46. The molecule has 0 saturated heterocycles. The minimum Gasteiger partial charge on any atom is -0.479 e. The van der Waals surface area contributed by atoms with Gasteiger partial charge >= 0.3 is 5.97 Å². The van der Waals surface area contributed by atoms with Gasteiger partial charge in [-0.05, 0) is 0 Å². The van der Waals surface area contributed by atoms with Gasteiger partial charge in [-0.15, -0.1) is 0 Å². The molecule has 4 atom stereocenters. The highest BCUT2D eigenvalue weighted by Crippen LogP contribution is 2.04. The zero-order valence-electron chi connectivity index (χ0n) is 8.76. The number of carboxylic acids is 1. The van der Waals surface area contributed by atoms with Crippen LogP contribution in [0.5, 0.6) is 0 Å². The first kappa shape index (κ1) is 17.8. The average molecular weight is 258 g/mol. The lowest BCUT2D eigenvalue weighted by Crippen LogP contribution is -2.48. The second kappa shape index (κ2) is 9.66. The van der Waals surface area contributed by atoms with Crippen LogP contribution >= 0.6 is 0 Å². The van der Waals surface area contributed by atoms with E-state index in [-0.39, 0.29) is 0 Å². The third-order valence-corrected chi connectivity index (χ3v) is 1.51. The summed E-state index contributed by atoms with van der Waals surface area (Å²) in [6.45, 7) is 0.977. The van der Waals surface area contributed by atoms with Gasteiger partial charge in [-0.1, -0.05) is 6.55 Å². The minimum atomic E-state index is -2.20. The molecule has 0 aliphatic rings. The standard InChI is InChI=1S/C6H12O7.CH6OSi/c7-1-2(8)3(9)4(10)5(11)6(12)13;1-3-2/h2-5,7-11H,1H2,(H,12,13);2H,3H2,1H3/t2-,3-,4+,5+;/m1./s1. The van der Waals surface area contributed by atoms with E-state index in [2.05, 4.69) is 0 Å². The van der Waals surface area contributed by atoms with Crippen molar-refractivity contribution in [2.75, 3.05) is 6.61 Å². The molecule has 0 aliphatic heterocycles. The Morgan fingerprint density at radius 1 is 1.19 bits per heavy atom. The molecule has 0 heterocycles. The van der Waals surface area contributed by atoms with Crippen molar-refractivity contribution in [2.45, 2.75) is 31.0 Å². The first-order valence-corrected chi connectivity index (χ1v) is 6.54. The molecule has 0 saturated carbocycles. The molecular formula is C7H18O8Si. The summed E-state index contributed by atoms with van der Waals surface area (Å²) in [7, 11) is -0.583. The lowest BCUT2D eigenvalue weighted by molar-refractivity contribution is -0.164. The fraction of sp³-hybridized carbons (Fsp3) is 0.857. The number of hydrogen-bond donors (Lipinski definition) is 7. The predicted octanol–water partition coefficient (Wildman–Crippen LogP) is -4.38. The Hall–Kier alpha value is -0.553. The number of hydrogen-bond acceptors (Lipinski definition) is 7. The van der Waals surface area contributed by atoms with E-state index in [4.69, 9.17) is 35.4 Å². The summed E-state index contributed by atoms with van der Waals surface area (Å²) in [4.78, 5) is 17.8. The van der Waals surface area contributed by atoms with Gasteiger partial charge in [-0.25, -0.2) is 4.79 Å². The van der Waals surface area contributed by atoms with Gasteiger partial charge in [0.05, 0.1) is 6.61 Å². The summed E-state index contributed by atoms with van der Waals surface area (Å²) in [6.07, 6.45) is -7.84. The molecule has 98 valence electrons. The number of carboxylic acid groups (broad SMARTS) is 1. The zero-order chi connectivity index (χ0) is 13.3. The summed E-state index contributed by atoms with van der Waals surface area (Å²) in [5, 5.41) is 51.8. The van der Waals surface area contributed by atoms with Gasteiger partial charge in [0, 0.05) is 0 Å². The molecule has 0 unspecified atom stereocenters. The van der Waals surface area contributed by atoms with Crippen molar-refractivity contribution in [3.63, 3.8) is 0 Å². The van der Waals surface area contributed by atoms with Crippen LogP contribution in [0.1, 0.15) is 0 Å². The summed E-state index contributed by atoms with van der Waals surface area (Å²) in [6, 6.07) is 0. The fourth-order valence-electron chi connectivity index (χ4n) is 0.668. The normalized spacial score (nSPS) is 18.4. The molecule has 0 amide bonds. The van der Waals surface area contributed by atoms with Gasteiger partial charge in [-0.2, -0.15) is 0 Å². The van der Waals surface area contributed by atoms with Gasteiger partial charge in [-0.3, -0.25) is 0 Å². The zero-order valence-corrected chi connectivity index (χ0v) is 10.2. The van der Waals surface area contributed by atoms with E-state index in [1.54, 1.807) is 0 Å². The fourth-order valence-corrected chi connectivity index (χ4v) is 0.668. The number of aliphatic hydroxyl groups excluding tert-OH is 5. The van der Waals surface area contributed by atoms with Crippen molar-refractivity contribution in [1.29, 1.82) is 0 Å². The van der Waals surface area contributed by atoms with Crippen LogP contribution in [0.15, 0.2) is 0 Å². The number of aliphatic carboxylic acids is 1. The predicted molar refractivity (Wildman–Crippen MR) is 55.4 cm³/mol. The lowest BCUT2D eigenvalue weighted by atomic mass is 10.0. The summed E-state index contributed by atoms with van der Waals surface area (Å²) < 4.78 is 0. The van der Waals surface area contributed by atoms with Crippen molar-refractivity contribution < 1.29 is 40.2 Å². The third kappa shape index (κ3) is 6.84. The maximum atomic E-state index is 10.1. The Morgan fingerprint density at radius 3 is 1.81 bits per heavy atom. The third-order valence-electron chi connectivity index (χ3n) is 1.51. The molecule has 16 heavy (non-hydrogen) atoms. The van der Waals surface area contributed by atoms with Crippen molar-refractivity contribution in [2.24, 2.45) is 0 Å². The molecule has 0 rings (SSSR count). The van der Waals surface area contributed by atoms with E-state index < -0.39 is 46.8 Å². The monoisotopic (exact) mass is 258 g/mol. The van der Waals surface area contributed by atoms with E-state index in [1.807, 2.05) is 6.55 Å². The van der Waals surface area contributed by atoms with Crippen molar-refractivity contribution >= 4 is 15.7 Å². The summed E-state index contributed by atoms with van der Waals surface area (Å²) >= 11 is 0. The molecule has 0 aromatic carbocycles. The summed E-state index contributed by atoms with van der Waals surface area (Å²) in [5.41, 5.74) is 0. The van der Waals surface area contributed by atoms with Gasteiger partial charge in [0.1, 0.15) is 18.3 Å². The highest BCUT2D eigenvalue weighted by atomic mass is 28.2. The molecule has 0 aliphatic carbocycles. The molecule has 0 aromatic heterocycles. The Bertz CT molecular complexity index is 189. The first-order valence-electron chi connectivity index (χ1n) is 4.50. The summed E-state index contributed by atoms with van der Waals surface area (Å²) in [5.74, 6) is -1.73. The molecule has 0 spiro atoms. The Balaban J connectivity index is 0. The highest BCUT2D eigenvalue weighted by Gasteiger charge is 2.33. The van der Waals surface area contributed by atoms with Crippen LogP contribution in [0, 0.1) is 0 Å². The van der Waals surface area contributed by atoms with Crippen LogP contribution in [-0.4, -0.2) is 82.2 Å². The van der Waals surface area contributed by atoms with E-state index >= 15 is 0 Å². The Morgan fingerprint density at radius 2 is 1.56 bits per heavy atom. The van der Waals surface area contributed by atoms with Crippen LogP contribution in [0.2, 0.25) is 6.55 Å². The van der Waals surface area contributed by atoms with E-state index in [1.165, 1.54) is 0 Å². The highest BCUT2D eigenvalue weighted by molar-refractivity contribution is 6.22. The molecule has 0 bridgehead atoms. The molecule has 0 fully saturated rings. The maximum absolute atomic E-state index is 10.1. The van der Waals surface area contributed by atoms with Gasteiger partial charge in [0.15, 0.2) is 15.9 Å². The van der Waals surface area contributed by atoms with E-state index in [0.717, 1.165) is 0 Å². The van der Waals surface area contributed by atoms with Crippen LogP contribution in [-0.2, 0) is 4.79 Å². The lowest BCUT2D eigenvalue weighted by Gasteiger charge is -2.23. The molecule has 0 radical (unpaired) electrons. The van der Waals surface area contributed by atoms with Gasteiger partial charge < -0.3 is 35.4 Å². The minimum absolute atomic E-state index is 0.583. The largest absolute Gasteiger partial charge is 0.479 e. The topological polar surface area (TPSA) is 159 Å². The van der Waals surface area contributed by atoms with Crippen molar-refractivity contribution in [3.05, 3.63) is 0 Å². The van der Waals surface area contributed by atoms with Crippen LogP contribution in [0.4, 0.5) is 0 Å². The van der Waals surface area contributed by atoms with Crippen molar-refractivity contribution in [1.82, 2.24) is 0 Å². The Labute approximate surface area is 94.4 Å².